The Morgan fingerprint density at radius 2 is 1.03 bits per heavy atom. The molecule has 0 saturated carbocycles. The molecule has 5 nitrogen and oxygen atoms in total. The minimum absolute atomic E-state index is 0.840. The number of ether oxygens (including phenoxy) is 1. The van der Waals surface area contributed by atoms with E-state index in [0.29, 0.717) is 0 Å². The Labute approximate surface area is 181 Å². The summed E-state index contributed by atoms with van der Waals surface area (Å²) in [6.45, 7) is 2.15. The third kappa shape index (κ3) is 6.64. The third-order valence-corrected chi connectivity index (χ3v) is 4.47. The zero-order valence-electron chi connectivity index (χ0n) is 16.9. The van der Waals surface area contributed by atoms with Gasteiger partial charge in [0, 0.05) is 5.56 Å². The first-order valence-corrected chi connectivity index (χ1v) is 11.1. The molecule has 4 aromatic carbocycles. The smallest absolute Gasteiger partial charge is 0.457 e. The van der Waals surface area contributed by atoms with Crippen LogP contribution < -0.4 is 4.74 Å². The van der Waals surface area contributed by atoms with E-state index in [1.54, 1.807) is 0 Å². The molecule has 0 aliphatic carbocycles. The van der Waals surface area contributed by atoms with Crippen molar-refractivity contribution in [2.24, 2.45) is 0 Å². The summed E-state index contributed by atoms with van der Waals surface area (Å²) in [5.41, 5.74) is 5.92. The van der Waals surface area contributed by atoms with Crippen LogP contribution >= 0.6 is 7.82 Å². The summed E-state index contributed by atoms with van der Waals surface area (Å²) in [6.07, 6.45) is 0. The van der Waals surface area contributed by atoms with Crippen LogP contribution in [0.15, 0.2) is 103 Å². The van der Waals surface area contributed by atoms with Crippen LogP contribution in [-0.2, 0) is 4.57 Å². The van der Waals surface area contributed by atoms with Gasteiger partial charge in [0.1, 0.15) is 11.5 Å². The van der Waals surface area contributed by atoms with Gasteiger partial charge < -0.3 is 19.4 Å². The van der Waals surface area contributed by atoms with Crippen LogP contribution in [-0.4, -0.2) is 14.7 Å². The monoisotopic (exact) mass is 434 g/mol. The van der Waals surface area contributed by atoms with Crippen LogP contribution in [0.4, 0.5) is 0 Å². The average molecular weight is 434 g/mol. The first-order valence-electron chi connectivity index (χ1n) is 9.58. The van der Waals surface area contributed by atoms with Gasteiger partial charge in [0.25, 0.3) is 0 Å². The number of hydrogen-bond acceptors (Lipinski definition) is 2. The summed E-state index contributed by atoms with van der Waals surface area (Å²) >= 11 is 0. The molecule has 4 rings (SSSR count). The summed E-state index contributed by atoms with van der Waals surface area (Å²) in [5.74, 6) is 1.71. The number of rotatable bonds is 4. The van der Waals surface area contributed by atoms with Gasteiger partial charge in [0.15, 0.2) is 0 Å². The Morgan fingerprint density at radius 3 is 1.52 bits per heavy atom. The van der Waals surface area contributed by atoms with Gasteiger partial charge in [-0.25, -0.2) is 4.57 Å². The van der Waals surface area contributed by atoms with E-state index in [0.717, 1.165) is 22.6 Å². The van der Waals surface area contributed by atoms with E-state index in [4.69, 9.17) is 24.0 Å². The topological polar surface area (TPSA) is 87.0 Å². The van der Waals surface area contributed by atoms with Crippen molar-refractivity contribution in [2.45, 2.75) is 6.92 Å². The Hall–Kier alpha value is -3.21. The fourth-order valence-corrected chi connectivity index (χ4v) is 3.26. The summed E-state index contributed by atoms with van der Waals surface area (Å²) < 4.78 is 15.2. The molecule has 0 aliphatic heterocycles. The quantitative estimate of drug-likeness (QED) is 0.333. The molecule has 0 atom stereocenters. The zero-order valence-corrected chi connectivity index (χ0v) is 17.8. The maximum Gasteiger partial charge on any atom is 0.466 e. The lowest BCUT2D eigenvalue weighted by molar-refractivity contribution is 0.275. The molecule has 0 bridgehead atoms. The van der Waals surface area contributed by atoms with E-state index in [9.17, 15) is 0 Å². The highest BCUT2D eigenvalue weighted by Crippen LogP contribution is 2.42. The van der Waals surface area contributed by atoms with Gasteiger partial charge in [-0.15, -0.1) is 0 Å². The second-order valence-electron chi connectivity index (χ2n) is 6.79. The molecule has 0 aromatic heterocycles. The number of aryl methyl sites for hydroxylation is 1. The lowest BCUT2D eigenvalue weighted by Gasteiger charge is -2.18. The zero-order chi connectivity index (χ0) is 22.3. The molecule has 3 N–H and O–H groups in total. The first-order chi connectivity index (χ1) is 14.8. The number of phosphoric acid groups is 1. The van der Waals surface area contributed by atoms with Crippen LogP contribution in [0.1, 0.15) is 5.56 Å². The summed E-state index contributed by atoms with van der Waals surface area (Å²) in [4.78, 5) is 21.6. The Morgan fingerprint density at radius 1 is 0.613 bits per heavy atom. The van der Waals surface area contributed by atoms with Crippen molar-refractivity contribution < 1.29 is 24.0 Å². The van der Waals surface area contributed by atoms with Crippen LogP contribution in [0.2, 0.25) is 0 Å². The second-order valence-corrected chi connectivity index (χ2v) is 7.82. The number of benzene rings is 4. The molecule has 0 fully saturated rings. The molecule has 0 amide bonds. The van der Waals surface area contributed by atoms with Crippen LogP contribution in [0.25, 0.3) is 22.3 Å². The largest absolute Gasteiger partial charge is 0.466 e. The van der Waals surface area contributed by atoms with Crippen molar-refractivity contribution in [3.05, 3.63) is 109 Å². The maximum atomic E-state index is 8.88. The molecule has 0 unspecified atom stereocenters. The Balaban J connectivity index is 0.000000491. The number of para-hydroxylation sites is 1. The predicted molar refractivity (Wildman–Crippen MR) is 123 cm³/mol. The van der Waals surface area contributed by atoms with E-state index in [1.807, 2.05) is 42.5 Å². The van der Waals surface area contributed by atoms with Crippen LogP contribution in [0, 0.1) is 6.92 Å². The fourth-order valence-electron chi connectivity index (χ4n) is 3.26. The molecule has 0 radical (unpaired) electrons. The molecule has 0 saturated heterocycles. The lowest BCUT2D eigenvalue weighted by atomic mass is 9.90. The molecule has 6 heteroatoms. The van der Waals surface area contributed by atoms with E-state index in [-0.39, 0.29) is 0 Å². The molecule has 0 spiro atoms. The molecular weight excluding hydrogens is 411 g/mol. The van der Waals surface area contributed by atoms with E-state index in [2.05, 4.69) is 67.6 Å². The molecular formula is C25H23O5P. The predicted octanol–water partition coefficient (Wildman–Crippen LogP) is 6.19. The van der Waals surface area contributed by atoms with E-state index in [1.165, 1.54) is 16.7 Å². The molecule has 0 aliphatic rings. The normalized spacial score (nSPS) is 10.7. The van der Waals surface area contributed by atoms with Crippen molar-refractivity contribution in [3.8, 4) is 33.8 Å². The van der Waals surface area contributed by atoms with Crippen molar-refractivity contribution in [1.82, 2.24) is 0 Å². The highest BCUT2D eigenvalue weighted by atomic mass is 31.2. The fraction of sp³-hybridized carbons (Fsp3) is 0.0400. The van der Waals surface area contributed by atoms with Gasteiger partial charge in [-0.3, -0.25) is 0 Å². The standard InChI is InChI=1S/C25H20O.H3O4P/c1-19-17-18-23(26-22-15-9-4-10-16-22)25(21-13-7-3-8-14-21)24(19)20-11-5-2-6-12-20;1-5(2,3)4/h2-18H,1H3;(H3,1,2,3,4). The van der Waals surface area contributed by atoms with E-state index >= 15 is 0 Å². The maximum absolute atomic E-state index is 8.88. The van der Waals surface area contributed by atoms with Gasteiger partial charge in [0.05, 0.1) is 0 Å². The highest BCUT2D eigenvalue weighted by Gasteiger charge is 2.16. The third-order valence-electron chi connectivity index (χ3n) is 4.47. The summed E-state index contributed by atoms with van der Waals surface area (Å²) in [5, 5.41) is 0. The minimum atomic E-state index is -4.64. The van der Waals surface area contributed by atoms with Crippen LogP contribution in [0.5, 0.6) is 11.5 Å². The molecule has 31 heavy (non-hydrogen) atoms. The van der Waals surface area contributed by atoms with Crippen molar-refractivity contribution in [1.29, 1.82) is 0 Å². The minimum Gasteiger partial charge on any atom is -0.457 e. The molecule has 0 heterocycles. The van der Waals surface area contributed by atoms with Crippen molar-refractivity contribution in [3.63, 3.8) is 0 Å². The lowest BCUT2D eigenvalue weighted by Crippen LogP contribution is -1.94. The Bertz CT molecular complexity index is 1150. The van der Waals surface area contributed by atoms with Crippen molar-refractivity contribution in [2.75, 3.05) is 0 Å². The highest BCUT2D eigenvalue weighted by molar-refractivity contribution is 7.45. The Kier molecular flexibility index (Phi) is 7.40. The van der Waals surface area contributed by atoms with Gasteiger partial charge in [-0.2, -0.15) is 0 Å². The van der Waals surface area contributed by atoms with E-state index < -0.39 is 7.82 Å². The number of hydrogen-bond donors (Lipinski definition) is 3. The average Bonchev–Trinajstić information content (AvgIpc) is 2.75. The molecule has 4 aromatic rings. The SMILES string of the molecule is Cc1ccc(Oc2ccccc2)c(-c2ccccc2)c1-c1ccccc1.O=P(O)(O)O. The van der Waals surface area contributed by atoms with Gasteiger partial charge in [-0.1, -0.05) is 84.9 Å². The van der Waals surface area contributed by atoms with Crippen LogP contribution in [0.3, 0.4) is 0 Å². The van der Waals surface area contributed by atoms with Gasteiger partial charge >= 0.3 is 7.82 Å². The second kappa shape index (κ2) is 10.2. The van der Waals surface area contributed by atoms with Gasteiger partial charge in [-0.05, 0) is 47.4 Å². The van der Waals surface area contributed by atoms with Crippen molar-refractivity contribution >= 4 is 7.82 Å². The summed E-state index contributed by atoms with van der Waals surface area (Å²) in [6, 6.07) is 35.1. The molecule has 158 valence electrons. The summed E-state index contributed by atoms with van der Waals surface area (Å²) in [7, 11) is -4.64. The first kappa shape index (κ1) is 22.5. The van der Waals surface area contributed by atoms with Gasteiger partial charge in [0.2, 0.25) is 0 Å².